The van der Waals surface area contributed by atoms with Gasteiger partial charge in [-0.15, -0.1) is 3.89 Å². The molecule has 1 amide bonds. The van der Waals surface area contributed by atoms with E-state index in [0.717, 1.165) is 0 Å². The second-order valence-corrected chi connectivity index (χ2v) is 6.50. The molecule has 0 aromatic carbocycles. The third kappa shape index (κ3) is 7.95. The average Bonchev–Trinajstić information content (AvgIpc) is 1.96. The number of hydrogen-bond donors (Lipinski definition) is 0. The van der Waals surface area contributed by atoms with E-state index >= 15 is 0 Å². The Bertz CT molecular complexity index is 359. The van der Waals surface area contributed by atoms with Crippen molar-refractivity contribution in [2.75, 3.05) is 12.3 Å². The number of nitrogens with zero attached hydrogens (tertiary/aromatic N) is 1. The minimum atomic E-state index is -4.58. The molecular formula is C10H20FNO4S. The standard InChI is InChI=1S/C10H20FNO4S/c1-8(2)12(6-7-17(11,14)15)9(13)16-10(3,4)5/h8H,6-7H2,1-5H3. The number of carbonyl (C=O) groups excluding carboxylic acids is 1. The third-order valence-electron chi connectivity index (χ3n) is 1.83. The van der Waals surface area contributed by atoms with Gasteiger partial charge in [0.25, 0.3) is 0 Å². The van der Waals surface area contributed by atoms with Crippen LogP contribution in [0.5, 0.6) is 0 Å². The molecule has 0 radical (unpaired) electrons. The lowest BCUT2D eigenvalue weighted by Crippen LogP contribution is -2.43. The van der Waals surface area contributed by atoms with Crippen molar-refractivity contribution in [2.45, 2.75) is 46.3 Å². The van der Waals surface area contributed by atoms with Crippen LogP contribution in [-0.4, -0.2) is 43.4 Å². The quantitative estimate of drug-likeness (QED) is 0.732. The Labute approximate surface area is 102 Å². The van der Waals surface area contributed by atoms with E-state index in [2.05, 4.69) is 0 Å². The van der Waals surface area contributed by atoms with Crippen LogP contribution in [0.1, 0.15) is 34.6 Å². The van der Waals surface area contributed by atoms with E-state index in [4.69, 9.17) is 4.74 Å². The van der Waals surface area contributed by atoms with Gasteiger partial charge < -0.3 is 9.64 Å². The first-order valence-corrected chi connectivity index (χ1v) is 6.89. The van der Waals surface area contributed by atoms with Gasteiger partial charge in [0.1, 0.15) is 5.60 Å². The van der Waals surface area contributed by atoms with Gasteiger partial charge in [-0.2, -0.15) is 8.42 Å². The molecule has 0 aliphatic carbocycles. The fourth-order valence-electron chi connectivity index (χ4n) is 1.09. The van der Waals surface area contributed by atoms with Crippen LogP contribution in [0.2, 0.25) is 0 Å². The zero-order valence-corrected chi connectivity index (χ0v) is 11.7. The molecule has 0 N–H and O–H groups in total. The third-order valence-corrected chi connectivity index (χ3v) is 2.50. The Hall–Kier alpha value is -0.850. The van der Waals surface area contributed by atoms with Gasteiger partial charge in [0.2, 0.25) is 0 Å². The van der Waals surface area contributed by atoms with Crippen molar-refractivity contribution < 1.29 is 21.8 Å². The summed E-state index contributed by atoms with van der Waals surface area (Å²) >= 11 is 0. The molecular weight excluding hydrogens is 249 g/mol. The highest BCUT2D eigenvalue weighted by atomic mass is 32.3. The summed E-state index contributed by atoms with van der Waals surface area (Å²) in [6.45, 7) is 8.30. The summed E-state index contributed by atoms with van der Waals surface area (Å²) in [6, 6.07) is -0.258. The molecule has 0 aliphatic rings. The molecule has 0 saturated heterocycles. The maximum Gasteiger partial charge on any atom is 0.410 e. The number of rotatable bonds is 4. The summed E-state index contributed by atoms with van der Waals surface area (Å²) in [4.78, 5) is 12.9. The van der Waals surface area contributed by atoms with E-state index in [-0.39, 0.29) is 12.6 Å². The molecule has 0 aromatic rings. The molecule has 5 nitrogen and oxygen atoms in total. The molecule has 0 atom stereocenters. The molecule has 0 aliphatic heterocycles. The molecule has 0 heterocycles. The highest BCUT2D eigenvalue weighted by Crippen LogP contribution is 2.12. The van der Waals surface area contributed by atoms with Crippen molar-refractivity contribution in [1.82, 2.24) is 4.90 Å². The monoisotopic (exact) mass is 269 g/mol. The van der Waals surface area contributed by atoms with Crippen molar-refractivity contribution in [2.24, 2.45) is 0 Å². The van der Waals surface area contributed by atoms with Crippen LogP contribution in [0.25, 0.3) is 0 Å². The Morgan fingerprint density at radius 2 is 1.82 bits per heavy atom. The minimum absolute atomic E-state index is 0.217. The SMILES string of the molecule is CC(C)N(CCS(=O)(=O)F)C(=O)OC(C)(C)C. The van der Waals surface area contributed by atoms with Gasteiger partial charge in [-0.1, -0.05) is 0 Å². The fourth-order valence-corrected chi connectivity index (χ4v) is 1.50. The van der Waals surface area contributed by atoms with Gasteiger partial charge in [-0.05, 0) is 34.6 Å². The van der Waals surface area contributed by atoms with Gasteiger partial charge in [0, 0.05) is 12.6 Å². The molecule has 0 aromatic heterocycles. The van der Waals surface area contributed by atoms with Crippen molar-refractivity contribution >= 4 is 16.3 Å². The van der Waals surface area contributed by atoms with Crippen molar-refractivity contribution in [1.29, 1.82) is 0 Å². The second-order valence-electron chi connectivity index (χ2n) is 5.01. The maximum atomic E-state index is 12.4. The van der Waals surface area contributed by atoms with E-state index in [1.807, 2.05) is 0 Å². The van der Waals surface area contributed by atoms with Crippen LogP contribution in [0.3, 0.4) is 0 Å². The number of hydrogen-bond acceptors (Lipinski definition) is 4. The summed E-state index contributed by atoms with van der Waals surface area (Å²) in [7, 11) is -4.58. The van der Waals surface area contributed by atoms with Crippen LogP contribution in [0.15, 0.2) is 0 Å². The van der Waals surface area contributed by atoms with Crippen LogP contribution >= 0.6 is 0 Å². The van der Waals surface area contributed by atoms with Crippen LogP contribution in [-0.2, 0) is 15.0 Å². The predicted molar refractivity (Wildman–Crippen MR) is 63.0 cm³/mol. The molecule has 17 heavy (non-hydrogen) atoms. The Morgan fingerprint density at radius 3 is 2.12 bits per heavy atom. The average molecular weight is 269 g/mol. The number of ether oxygens (including phenoxy) is 1. The summed E-state index contributed by atoms with van der Waals surface area (Å²) in [5.74, 6) is -0.718. The van der Waals surface area contributed by atoms with E-state index in [1.165, 1.54) is 4.90 Å². The van der Waals surface area contributed by atoms with Crippen LogP contribution in [0, 0.1) is 0 Å². The normalized spacial score (nSPS) is 12.6. The molecule has 102 valence electrons. The van der Waals surface area contributed by atoms with Gasteiger partial charge >= 0.3 is 16.3 Å². The molecule has 0 saturated carbocycles. The van der Waals surface area contributed by atoms with E-state index < -0.39 is 27.7 Å². The van der Waals surface area contributed by atoms with Gasteiger partial charge in [0.05, 0.1) is 5.75 Å². The predicted octanol–water partition coefficient (Wildman–Crippen LogP) is 1.93. The largest absolute Gasteiger partial charge is 0.444 e. The van der Waals surface area contributed by atoms with Crippen molar-refractivity contribution in [3.8, 4) is 0 Å². The molecule has 7 heteroatoms. The number of carbonyl (C=O) groups is 1. The Morgan fingerprint density at radius 1 is 1.35 bits per heavy atom. The first-order chi connectivity index (χ1) is 7.42. The lowest BCUT2D eigenvalue weighted by Gasteiger charge is -2.29. The lowest BCUT2D eigenvalue weighted by atomic mass is 10.2. The Balaban J connectivity index is 4.59. The second kappa shape index (κ2) is 5.66. The highest BCUT2D eigenvalue weighted by Gasteiger charge is 2.25. The van der Waals surface area contributed by atoms with Crippen LogP contribution in [0.4, 0.5) is 8.68 Å². The highest BCUT2D eigenvalue weighted by molar-refractivity contribution is 7.86. The topological polar surface area (TPSA) is 63.7 Å². The molecule has 0 spiro atoms. The first kappa shape index (κ1) is 16.1. The van der Waals surface area contributed by atoms with Crippen molar-refractivity contribution in [3.05, 3.63) is 0 Å². The zero-order valence-electron chi connectivity index (χ0n) is 10.9. The summed E-state index contributed by atoms with van der Waals surface area (Å²) in [6.07, 6.45) is -0.642. The van der Waals surface area contributed by atoms with Gasteiger partial charge in [-0.25, -0.2) is 4.79 Å². The number of amides is 1. The molecule has 0 bridgehead atoms. The van der Waals surface area contributed by atoms with Crippen LogP contribution < -0.4 is 0 Å². The summed E-state index contributed by atoms with van der Waals surface area (Å²) in [5, 5.41) is 0. The van der Waals surface area contributed by atoms with E-state index in [9.17, 15) is 17.1 Å². The smallest absolute Gasteiger partial charge is 0.410 e. The summed E-state index contributed by atoms with van der Waals surface area (Å²) < 4.78 is 38.3. The fraction of sp³-hybridized carbons (Fsp3) is 0.900. The molecule has 0 fully saturated rings. The van der Waals surface area contributed by atoms with Gasteiger partial charge in [-0.3, -0.25) is 0 Å². The van der Waals surface area contributed by atoms with Crippen molar-refractivity contribution in [3.63, 3.8) is 0 Å². The van der Waals surface area contributed by atoms with E-state index in [0.29, 0.717) is 0 Å². The number of halogens is 1. The summed E-state index contributed by atoms with van der Waals surface area (Å²) in [5.41, 5.74) is -0.668. The minimum Gasteiger partial charge on any atom is -0.444 e. The zero-order chi connectivity index (χ0) is 13.9. The van der Waals surface area contributed by atoms with Gasteiger partial charge in [0.15, 0.2) is 0 Å². The first-order valence-electron chi connectivity index (χ1n) is 5.34. The molecule has 0 unspecified atom stereocenters. The maximum absolute atomic E-state index is 12.4. The lowest BCUT2D eigenvalue weighted by molar-refractivity contribution is 0.0205. The molecule has 0 rings (SSSR count). The van der Waals surface area contributed by atoms with E-state index in [1.54, 1.807) is 34.6 Å². The Kier molecular flexibility index (Phi) is 5.38.